The van der Waals surface area contributed by atoms with Gasteiger partial charge in [0.25, 0.3) is 0 Å². The van der Waals surface area contributed by atoms with Crippen molar-refractivity contribution in [1.82, 2.24) is 5.32 Å². The highest BCUT2D eigenvalue weighted by molar-refractivity contribution is 6.11. The first-order valence-corrected chi connectivity index (χ1v) is 8.76. The fourth-order valence-corrected chi connectivity index (χ4v) is 3.09. The summed E-state index contributed by atoms with van der Waals surface area (Å²) in [6.45, 7) is 2.26. The predicted octanol–water partition coefficient (Wildman–Crippen LogP) is -0.213. The summed E-state index contributed by atoms with van der Waals surface area (Å²) in [6.07, 6.45) is 0.862. The Morgan fingerprint density at radius 2 is 1.72 bits per heavy atom. The Balaban J connectivity index is 1.80. The maximum Gasteiger partial charge on any atom is 0.306 e. The Morgan fingerprint density at radius 3 is 2.36 bits per heavy atom. The number of amides is 1. The van der Waals surface area contributed by atoms with E-state index in [-0.39, 0.29) is 43.6 Å². The van der Waals surface area contributed by atoms with Crippen molar-refractivity contribution in [3.8, 4) is 0 Å². The minimum absolute atomic E-state index is 0.0161. The molecule has 0 aromatic rings. The maximum atomic E-state index is 11.9. The smallest absolute Gasteiger partial charge is 0.306 e. The Morgan fingerprint density at radius 1 is 1.08 bits per heavy atom. The Labute approximate surface area is 151 Å². The summed E-state index contributed by atoms with van der Waals surface area (Å²) in [5.74, 6) is -0.659. The monoisotopic (exact) mass is 349 g/mol. The van der Waals surface area contributed by atoms with Crippen LogP contribution in [0.1, 0.15) is 39.0 Å². The van der Waals surface area contributed by atoms with Gasteiger partial charge in [0, 0.05) is 31.9 Å². The van der Waals surface area contributed by atoms with Crippen molar-refractivity contribution in [1.29, 1.82) is 0 Å². The van der Waals surface area contributed by atoms with Gasteiger partial charge < -0.3 is 24.3 Å². The molecular formula is C16H25B2NO6. The van der Waals surface area contributed by atoms with Gasteiger partial charge in [0.2, 0.25) is 5.91 Å². The van der Waals surface area contributed by atoms with Crippen molar-refractivity contribution in [3.05, 3.63) is 0 Å². The number of ether oxygens (including phenoxy) is 4. The van der Waals surface area contributed by atoms with Crippen molar-refractivity contribution in [3.63, 3.8) is 0 Å². The SMILES string of the molecule is [B][C@H]1C[C@@H](OC[C@H]2O[C@@H]([B])C[C@H]2OC(=O)CCC(=O)NC)[C@@H](CC)O1. The van der Waals surface area contributed by atoms with Crippen LogP contribution in [0.4, 0.5) is 0 Å². The molecule has 2 saturated heterocycles. The molecule has 0 unspecified atom stereocenters. The van der Waals surface area contributed by atoms with Crippen LogP contribution in [0.2, 0.25) is 0 Å². The molecule has 2 rings (SSSR count). The van der Waals surface area contributed by atoms with E-state index in [9.17, 15) is 9.59 Å². The highest BCUT2D eigenvalue weighted by Gasteiger charge is 2.38. The number of rotatable bonds is 8. The van der Waals surface area contributed by atoms with E-state index in [1.807, 2.05) is 6.92 Å². The molecule has 0 aromatic carbocycles. The molecule has 0 aliphatic carbocycles. The highest BCUT2D eigenvalue weighted by atomic mass is 16.6. The van der Waals surface area contributed by atoms with Crippen LogP contribution in [0.5, 0.6) is 0 Å². The number of carbonyl (C=O) groups is 2. The Hall–Kier alpha value is -1.05. The summed E-state index contributed by atoms with van der Waals surface area (Å²) >= 11 is 0. The molecule has 0 aromatic heterocycles. The zero-order valence-electron chi connectivity index (χ0n) is 14.8. The van der Waals surface area contributed by atoms with E-state index in [2.05, 4.69) is 5.32 Å². The zero-order valence-corrected chi connectivity index (χ0v) is 14.8. The standard InChI is InChI=1S/C16H25B2NO6/c1-3-9-10(6-13(17)23-9)22-8-12-11(7-14(18)24-12)25-16(21)5-4-15(20)19-2/h9-14H,3-8H2,1-2H3,(H,19,20)/t9-,10-,11-,12-,13-,14-/m1/s1. The van der Waals surface area contributed by atoms with Gasteiger partial charge in [-0.3, -0.25) is 9.59 Å². The van der Waals surface area contributed by atoms with Crippen molar-refractivity contribution >= 4 is 27.6 Å². The Kier molecular flexibility index (Phi) is 7.78. The van der Waals surface area contributed by atoms with Crippen LogP contribution in [-0.2, 0) is 28.5 Å². The van der Waals surface area contributed by atoms with Crippen LogP contribution in [0, 0.1) is 0 Å². The third-order valence-electron chi connectivity index (χ3n) is 4.45. The topological polar surface area (TPSA) is 83.1 Å². The van der Waals surface area contributed by atoms with E-state index >= 15 is 0 Å². The summed E-state index contributed by atoms with van der Waals surface area (Å²) in [5.41, 5.74) is 0. The first kappa shape index (κ1) is 20.3. The average Bonchev–Trinajstić information content (AvgIpc) is 3.12. The lowest BCUT2D eigenvalue weighted by Gasteiger charge is -2.23. The van der Waals surface area contributed by atoms with E-state index in [0.717, 1.165) is 6.42 Å². The van der Waals surface area contributed by atoms with Gasteiger partial charge in [-0.1, -0.05) is 6.92 Å². The molecule has 25 heavy (non-hydrogen) atoms. The van der Waals surface area contributed by atoms with Gasteiger partial charge in [0.15, 0.2) is 0 Å². The number of carbonyl (C=O) groups excluding carboxylic acids is 2. The zero-order chi connectivity index (χ0) is 18.4. The van der Waals surface area contributed by atoms with E-state index in [1.165, 1.54) is 7.05 Å². The van der Waals surface area contributed by atoms with Crippen LogP contribution < -0.4 is 5.32 Å². The fourth-order valence-electron chi connectivity index (χ4n) is 3.09. The molecule has 2 heterocycles. The second kappa shape index (κ2) is 9.59. The van der Waals surface area contributed by atoms with E-state index in [0.29, 0.717) is 12.8 Å². The maximum absolute atomic E-state index is 11.9. The van der Waals surface area contributed by atoms with Crippen molar-refractivity contribution < 1.29 is 28.5 Å². The summed E-state index contributed by atoms with van der Waals surface area (Å²) in [5, 5.41) is 2.46. The van der Waals surface area contributed by atoms with Crippen molar-refractivity contribution in [2.45, 2.75) is 75.5 Å². The molecule has 2 fully saturated rings. The largest absolute Gasteiger partial charge is 0.459 e. The van der Waals surface area contributed by atoms with E-state index in [1.54, 1.807) is 0 Å². The third-order valence-corrected chi connectivity index (χ3v) is 4.45. The molecule has 4 radical (unpaired) electrons. The van der Waals surface area contributed by atoms with Gasteiger partial charge in [0.1, 0.15) is 27.9 Å². The molecule has 2 aliphatic rings. The van der Waals surface area contributed by atoms with Crippen molar-refractivity contribution in [2.75, 3.05) is 13.7 Å². The number of hydrogen-bond acceptors (Lipinski definition) is 6. The van der Waals surface area contributed by atoms with Gasteiger partial charge in [0.05, 0.1) is 25.2 Å². The molecule has 6 atom stereocenters. The number of nitrogens with one attached hydrogen (secondary N) is 1. The normalized spacial score (nSPS) is 34.8. The molecule has 0 spiro atoms. The van der Waals surface area contributed by atoms with Crippen molar-refractivity contribution in [2.24, 2.45) is 0 Å². The summed E-state index contributed by atoms with van der Waals surface area (Å²) in [6, 6.07) is -0.825. The van der Waals surface area contributed by atoms with Crippen LogP contribution in [0.15, 0.2) is 0 Å². The summed E-state index contributed by atoms with van der Waals surface area (Å²) in [4.78, 5) is 23.1. The van der Waals surface area contributed by atoms with Gasteiger partial charge in [-0.2, -0.15) is 0 Å². The first-order chi connectivity index (χ1) is 11.9. The molecule has 0 saturated carbocycles. The lowest BCUT2D eigenvalue weighted by molar-refractivity contribution is -0.155. The van der Waals surface area contributed by atoms with Gasteiger partial charge in [-0.05, 0) is 12.8 Å². The molecule has 7 nitrogen and oxygen atoms in total. The molecule has 136 valence electrons. The number of esters is 1. The third kappa shape index (κ3) is 6.01. The van der Waals surface area contributed by atoms with Gasteiger partial charge in [-0.15, -0.1) is 0 Å². The summed E-state index contributed by atoms with van der Waals surface area (Å²) in [7, 11) is 13.1. The average molecular weight is 349 g/mol. The minimum Gasteiger partial charge on any atom is -0.459 e. The minimum atomic E-state index is -0.505. The molecule has 9 heteroatoms. The molecule has 1 amide bonds. The quantitative estimate of drug-likeness (QED) is 0.482. The lowest BCUT2D eigenvalue weighted by Crippen LogP contribution is -2.35. The lowest BCUT2D eigenvalue weighted by atomic mass is 9.95. The molecule has 1 N–H and O–H groups in total. The molecule has 0 bridgehead atoms. The summed E-state index contributed by atoms with van der Waals surface area (Å²) < 4.78 is 22.5. The second-order valence-electron chi connectivity index (χ2n) is 6.38. The van der Waals surface area contributed by atoms with Gasteiger partial charge in [-0.25, -0.2) is 0 Å². The highest BCUT2D eigenvalue weighted by Crippen LogP contribution is 2.27. The fraction of sp³-hybridized carbons (Fsp3) is 0.875. The second-order valence-corrected chi connectivity index (χ2v) is 6.38. The predicted molar refractivity (Wildman–Crippen MR) is 91.3 cm³/mol. The molecule has 2 aliphatic heterocycles. The Bertz CT molecular complexity index is 466. The van der Waals surface area contributed by atoms with Crippen LogP contribution in [0.3, 0.4) is 0 Å². The van der Waals surface area contributed by atoms with Crippen LogP contribution in [0.25, 0.3) is 0 Å². The van der Waals surface area contributed by atoms with Gasteiger partial charge >= 0.3 is 5.97 Å². The van der Waals surface area contributed by atoms with Crippen LogP contribution >= 0.6 is 0 Å². The van der Waals surface area contributed by atoms with E-state index in [4.69, 9.17) is 34.6 Å². The van der Waals surface area contributed by atoms with E-state index < -0.39 is 24.2 Å². The van der Waals surface area contributed by atoms with Crippen LogP contribution in [-0.4, -0.2) is 77.6 Å². The molecular weight excluding hydrogens is 324 g/mol. The first-order valence-electron chi connectivity index (χ1n) is 8.76. The number of hydrogen-bond donors (Lipinski definition) is 1.